The van der Waals surface area contributed by atoms with E-state index in [9.17, 15) is 14.0 Å². The Morgan fingerprint density at radius 2 is 1.81 bits per heavy atom. The predicted octanol–water partition coefficient (Wildman–Crippen LogP) is 2.63. The number of amides is 3. The number of likely N-dealkylation sites (N-methyl/N-ethyl adjacent to an activating group) is 1. The summed E-state index contributed by atoms with van der Waals surface area (Å²) in [5.74, 6) is -0.147. The molecule has 3 rings (SSSR count). The number of halogens is 1. The summed E-state index contributed by atoms with van der Waals surface area (Å²) in [6.07, 6.45) is 0.0327. The molecule has 0 aromatic heterocycles. The van der Waals surface area contributed by atoms with Gasteiger partial charge in [-0.15, -0.1) is 0 Å². The minimum absolute atomic E-state index is 0.0700. The molecule has 0 bridgehead atoms. The largest absolute Gasteiger partial charge is 0.488 e. The van der Waals surface area contributed by atoms with Crippen LogP contribution in [0.5, 0.6) is 5.75 Å². The number of nitrogens with one attached hydrogen (secondary N) is 2. The van der Waals surface area contributed by atoms with Gasteiger partial charge in [0.05, 0.1) is 12.2 Å². The minimum atomic E-state index is -0.680. The van der Waals surface area contributed by atoms with E-state index < -0.39 is 17.9 Å². The van der Waals surface area contributed by atoms with Crippen LogP contribution in [0.2, 0.25) is 0 Å². The van der Waals surface area contributed by atoms with Crippen molar-refractivity contribution in [3.8, 4) is 5.75 Å². The molecule has 2 N–H and O–H groups in total. The lowest BCUT2D eigenvalue weighted by Crippen LogP contribution is -2.46. The van der Waals surface area contributed by atoms with E-state index in [2.05, 4.69) is 10.6 Å². The molecule has 3 amide bonds. The highest BCUT2D eigenvalue weighted by Gasteiger charge is 2.40. The lowest BCUT2D eigenvalue weighted by atomic mass is 10.2. The van der Waals surface area contributed by atoms with Gasteiger partial charge in [0, 0.05) is 13.5 Å². The van der Waals surface area contributed by atoms with Gasteiger partial charge in [0.25, 0.3) is 0 Å². The fourth-order valence-corrected chi connectivity index (χ4v) is 2.96. The first kappa shape index (κ1) is 17.7. The molecule has 0 aliphatic carbocycles. The van der Waals surface area contributed by atoms with Gasteiger partial charge in [-0.05, 0) is 24.3 Å². The van der Waals surface area contributed by atoms with Crippen LogP contribution in [0.3, 0.4) is 0 Å². The Balaban J connectivity index is 1.73. The maximum atomic E-state index is 13.8. The summed E-state index contributed by atoms with van der Waals surface area (Å²) in [6.45, 7) is 0.229. The second-order valence-corrected chi connectivity index (χ2v) is 5.98. The van der Waals surface area contributed by atoms with Crippen LogP contribution in [0.1, 0.15) is 6.42 Å². The molecule has 26 heavy (non-hydrogen) atoms. The number of hydrogen-bond donors (Lipinski definition) is 2. The molecule has 1 heterocycles. The average molecular weight is 357 g/mol. The highest BCUT2D eigenvalue weighted by Crippen LogP contribution is 2.24. The van der Waals surface area contributed by atoms with Crippen LogP contribution in [0.25, 0.3) is 0 Å². The standard InChI is InChI=1S/C19H20FN3O3/c1-21-18(24)17-11-14(26-13-7-3-2-4-8-13)12-23(17)19(25)22-16-10-6-5-9-15(16)20/h2-10,14,17H,11-12H2,1H3,(H,21,24)(H,22,25)/t14-,17-/m0/s1. The van der Waals surface area contributed by atoms with Gasteiger partial charge in [-0.25, -0.2) is 9.18 Å². The summed E-state index contributed by atoms with van der Waals surface area (Å²) >= 11 is 0. The number of hydrogen-bond acceptors (Lipinski definition) is 3. The summed E-state index contributed by atoms with van der Waals surface area (Å²) in [5.41, 5.74) is 0.0700. The van der Waals surface area contributed by atoms with Crippen LogP contribution in [0.15, 0.2) is 54.6 Å². The van der Waals surface area contributed by atoms with Crippen LogP contribution >= 0.6 is 0 Å². The van der Waals surface area contributed by atoms with Crippen molar-refractivity contribution in [2.24, 2.45) is 0 Å². The third-order valence-electron chi connectivity index (χ3n) is 4.23. The van der Waals surface area contributed by atoms with Gasteiger partial charge in [0.2, 0.25) is 5.91 Å². The van der Waals surface area contributed by atoms with Crippen LogP contribution in [-0.2, 0) is 4.79 Å². The molecule has 0 unspecified atom stereocenters. The molecule has 1 aliphatic heterocycles. The second kappa shape index (κ2) is 7.86. The maximum absolute atomic E-state index is 13.8. The van der Waals surface area contributed by atoms with Gasteiger partial charge < -0.3 is 20.3 Å². The molecular weight excluding hydrogens is 337 g/mol. The van der Waals surface area contributed by atoms with E-state index in [0.29, 0.717) is 12.2 Å². The van der Waals surface area contributed by atoms with E-state index in [1.54, 1.807) is 6.07 Å². The third kappa shape index (κ3) is 3.93. The minimum Gasteiger partial charge on any atom is -0.488 e. The van der Waals surface area contributed by atoms with E-state index in [1.165, 1.54) is 30.1 Å². The van der Waals surface area contributed by atoms with Crippen molar-refractivity contribution >= 4 is 17.6 Å². The molecule has 7 heteroatoms. The van der Waals surface area contributed by atoms with Crippen molar-refractivity contribution in [3.05, 3.63) is 60.4 Å². The number of carbonyl (C=O) groups excluding carboxylic acids is 2. The average Bonchev–Trinajstić information content (AvgIpc) is 3.07. The van der Waals surface area contributed by atoms with E-state index in [1.807, 2.05) is 30.3 Å². The molecular formula is C19H20FN3O3. The number of urea groups is 1. The van der Waals surface area contributed by atoms with E-state index in [4.69, 9.17) is 4.74 Å². The van der Waals surface area contributed by atoms with Crippen molar-refractivity contribution in [1.82, 2.24) is 10.2 Å². The summed E-state index contributed by atoms with van der Waals surface area (Å²) in [5, 5.41) is 5.08. The summed E-state index contributed by atoms with van der Waals surface area (Å²) in [7, 11) is 1.51. The Hall–Kier alpha value is -3.09. The van der Waals surface area contributed by atoms with Crippen LogP contribution in [0, 0.1) is 5.82 Å². The number of carbonyl (C=O) groups is 2. The SMILES string of the molecule is CNC(=O)[C@@H]1C[C@H](Oc2ccccc2)CN1C(=O)Nc1ccccc1F. The predicted molar refractivity (Wildman–Crippen MR) is 95.5 cm³/mol. The van der Waals surface area contributed by atoms with Gasteiger partial charge >= 0.3 is 6.03 Å². The van der Waals surface area contributed by atoms with Crippen LogP contribution < -0.4 is 15.4 Å². The summed E-state index contributed by atoms with van der Waals surface area (Å²) in [4.78, 5) is 26.2. The number of nitrogens with zero attached hydrogens (tertiary/aromatic N) is 1. The highest BCUT2D eigenvalue weighted by atomic mass is 19.1. The molecule has 1 saturated heterocycles. The third-order valence-corrected chi connectivity index (χ3v) is 4.23. The smallest absolute Gasteiger partial charge is 0.322 e. The molecule has 2 aromatic rings. The Labute approximate surface area is 150 Å². The molecule has 6 nitrogen and oxygen atoms in total. The van der Waals surface area contributed by atoms with E-state index in [-0.39, 0.29) is 24.2 Å². The molecule has 1 fully saturated rings. The summed E-state index contributed by atoms with van der Waals surface area (Å²) < 4.78 is 19.7. The second-order valence-electron chi connectivity index (χ2n) is 5.98. The van der Waals surface area contributed by atoms with Gasteiger partial charge in [-0.3, -0.25) is 4.79 Å². The first-order valence-electron chi connectivity index (χ1n) is 8.34. The molecule has 0 radical (unpaired) electrons. The quantitative estimate of drug-likeness (QED) is 0.884. The number of anilines is 1. The number of para-hydroxylation sites is 2. The Morgan fingerprint density at radius 3 is 2.50 bits per heavy atom. The fraction of sp³-hybridized carbons (Fsp3) is 0.263. The normalized spacial score (nSPS) is 19.1. The van der Waals surface area contributed by atoms with Gasteiger partial charge in [-0.2, -0.15) is 0 Å². The number of rotatable bonds is 4. The molecule has 136 valence electrons. The number of likely N-dealkylation sites (tertiary alicyclic amines) is 1. The van der Waals surface area contributed by atoms with E-state index >= 15 is 0 Å². The molecule has 1 aliphatic rings. The molecule has 2 aromatic carbocycles. The molecule has 0 spiro atoms. The first-order chi connectivity index (χ1) is 12.6. The lowest BCUT2D eigenvalue weighted by Gasteiger charge is -2.23. The fourth-order valence-electron chi connectivity index (χ4n) is 2.96. The Morgan fingerprint density at radius 1 is 1.12 bits per heavy atom. The van der Waals surface area contributed by atoms with Crippen molar-refractivity contribution in [1.29, 1.82) is 0 Å². The van der Waals surface area contributed by atoms with Crippen molar-refractivity contribution < 1.29 is 18.7 Å². The van der Waals surface area contributed by atoms with E-state index in [0.717, 1.165) is 0 Å². The zero-order chi connectivity index (χ0) is 18.5. The Bertz CT molecular complexity index is 785. The maximum Gasteiger partial charge on any atom is 0.322 e. The molecule has 0 saturated carbocycles. The van der Waals surface area contributed by atoms with Gasteiger partial charge in [0.15, 0.2) is 0 Å². The van der Waals surface area contributed by atoms with Gasteiger partial charge in [-0.1, -0.05) is 30.3 Å². The summed E-state index contributed by atoms with van der Waals surface area (Å²) in [6, 6.07) is 13.9. The van der Waals surface area contributed by atoms with Crippen LogP contribution in [-0.4, -0.2) is 42.6 Å². The zero-order valence-corrected chi connectivity index (χ0v) is 14.3. The van der Waals surface area contributed by atoms with Crippen molar-refractivity contribution in [2.45, 2.75) is 18.6 Å². The number of ether oxygens (including phenoxy) is 1. The van der Waals surface area contributed by atoms with Crippen LogP contribution in [0.4, 0.5) is 14.9 Å². The van der Waals surface area contributed by atoms with Gasteiger partial charge in [0.1, 0.15) is 23.7 Å². The monoisotopic (exact) mass is 357 g/mol. The first-order valence-corrected chi connectivity index (χ1v) is 8.34. The highest BCUT2D eigenvalue weighted by molar-refractivity contribution is 5.94. The lowest BCUT2D eigenvalue weighted by molar-refractivity contribution is -0.124. The molecule has 2 atom stereocenters. The van der Waals surface area contributed by atoms with Crippen molar-refractivity contribution in [2.75, 3.05) is 18.9 Å². The zero-order valence-electron chi connectivity index (χ0n) is 14.3. The number of benzene rings is 2. The van der Waals surface area contributed by atoms with Crippen molar-refractivity contribution in [3.63, 3.8) is 0 Å². The topological polar surface area (TPSA) is 70.7 Å². The Kier molecular flexibility index (Phi) is 5.36.